The Morgan fingerprint density at radius 3 is 3.06 bits per heavy atom. The van der Waals surface area contributed by atoms with Crippen LogP contribution in [0.2, 0.25) is 0 Å². The first-order chi connectivity index (χ1) is 7.68. The highest BCUT2D eigenvalue weighted by molar-refractivity contribution is 9.10. The molecular formula is C13H19BrN2. The van der Waals surface area contributed by atoms with Crippen LogP contribution in [0.25, 0.3) is 0 Å². The zero-order valence-corrected chi connectivity index (χ0v) is 11.5. The summed E-state index contributed by atoms with van der Waals surface area (Å²) in [5.74, 6) is 0. The van der Waals surface area contributed by atoms with E-state index in [1.807, 2.05) is 0 Å². The van der Waals surface area contributed by atoms with E-state index in [4.69, 9.17) is 0 Å². The highest BCUT2D eigenvalue weighted by Crippen LogP contribution is 2.21. The molecule has 1 aromatic rings. The lowest BCUT2D eigenvalue weighted by Crippen LogP contribution is -2.49. The zero-order chi connectivity index (χ0) is 11.5. The number of nitrogens with zero attached hydrogens (tertiary/aromatic N) is 1. The molecule has 0 bridgehead atoms. The highest BCUT2D eigenvalue weighted by atomic mass is 79.9. The van der Waals surface area contributed by atoms with Gasteiger partial charge in [0.05, 0.1) is 0 Å². The van der Waals surface area contributed by atoms with Gasteiger partial charge in [-0.15, -0.1) is 0 Å². The summed E-state index contributed by atoms with van der Waals surface area (Å²) in [6.45, 7) is 8.90. The number of hydrogen-bond donors (Lipinski definition) is 1. The van der Waals surface area contributed by atoms with E-state index in [0.717, 1.165) is 26.2 Å². The highest BCUT2D eigenvalue weighted by Gasteiger charge is 2.18. The smallest absolute Gasteiger partial charge is 0.0240 e. The molecule has 1 saturated heterocycles. The number of benzene rings is 1. The van der Waals surface area contributed by atoms with Gasteiger partial charge in [0.25, 0.3) is 0 Å². The second-order valence-corrected chi connectivity index (χ2v) is 5.40. The van der Waals surface area contributed by atoms with Gasteiger partial charge >= 0.3 is 0 Å². The van der Waals surface area contributed by atoms with Crippen molar-refractivity contribution in [2.24, 2.45) is 0 Å². The van der Waals surface area contributed by atoms with E-state index in [9.17, 15) is 0 Å². The maximum Gasteiger partial charge on any atom is 0.0240 e. The number of nitrogens with one attached hydrogen (secondary N) is 1. The maximum atomic E-state index is 3.60. The molecule has 0 saturated carbocycles. The van der Waals surface area contributed by atoms with Gasteiger partial charge in [0.1, 0.15) is 0 Å². The van der Waals surface area contributed by atoms with Gasteiger partial charge in [-0.1, -0.05) is 28.1 Å². The van der Waals surface area contributed by atoms with Crippen LogP contribution < -0.4 is 5.32 Å². The van der Waals surface area contributed by atoms with Gasteiger partial charge < -0.3 is 5.32 Å². The van der Waals surface area contributed by atoms with Gasteiger partial charge in [0.15, 0.2) is 0 Å². The van der Waals surface area contributed by atoms with Crippen LogP contribution in [-0.4, -0.2) is 30.6 Å². The van der Waals surface area contributed by atoms with Crippen LogP contribution in [0.5, 0.6) is 0 Å². The van der Waals surface area contributed by atoms with Crippen molar-refractivity contribution in [1.29, 1.82) is 0 Å². The number of hydrogen-bond acceptors (Lipinski definition) is 2. The van der Waals surface area contributed by atoms with Gasteiger partial charge in [0, 0.05) is 36.7 Å². The largest absolute Gasteiger partial charge is 0.314 e. The molecular weight excluding hydrogens is 264 g/mol. The second kappa shape index (κ2) is 5.30. The minimum absolute atomic E-state index is 0.632. The Hall–Kier alpha value is -0.380. The van der Waals surface area contributed by atoms with Gasteiger partial charge in [-0.3, -0.25) is 4.90 Å². The molecule has 16 heavy (non-hydrogen) atoms. The van der Waals surface area contributed by atoms with Crippen molar-refractivity contribution in [1.82, 2.24) is 10.2 Å². The van der Waals surface area contributed by atoms with Crippen molar-refractivity contribution in [2.75, 3.05) is 19.6 Å². The van der Waals surface area contributed by atoms with Crippen molar-refractivity contribution in [3.63, 3.8) is 0 Å². The molecule has 88 valence electrons. The van der Waals surface area contributed by atoms with Crippen molar-refractivity contribution < 1.29 is 0 Å². The molecule has 0 amide bonds. The quantitative estimate of drug-likeness (QED) is 0.897. The van der Waals surface area contributed by atoms with Crippen molar-refractivity contribution in [3.05, 3.63) is 33.8 Å². The summed E-state index contributed by atoms with van der Waals surface area (Å²) in [6.07, 6.45) is 0. The number of piperazine rings is 1. The lowest BCUT2D eigenvalue weighted by molar-refractivity contribution is 0.165. The molecule has 1 unspecified atom stereocenters. The summed E-state index contributed by atoms with van der Waals surface area (Å²) in [6, 6.07) is 7.10. The first-order valence-electron chi connectivity index (χ1n) is 5.87. The predicted molar refractivity (Wildman–Crippen MR) is 71.6 cm³/mol. The average molecular weight is 283 g/mol. The van der Waals surface area contributed by atoms with E-state index in [1.165, 1.54) is 15.6 Å². The summed E-state index contributed by atoms with van der Waals surface area (Å²) in [5, 5.41) is 3.43. The minimum atomic E-state index is 0.632. The molecule has 1 aliphatic heterocycles. The molecule has 3 heteroatoms. The summed E-state index contributed by atoms with van der Waals surface area (Å²) >= 11 is 3.60. The molecule has 0 aromatic heterocycles. The molecule has 1 aliphatic rings. The molecule has 1 heterocycles. The van der Waals surface area contributed by atoms with Gasteiger partial charge in [-0.05, 0) is 31.0 Å². The van der Waals surface area contributed by atoms with E-state index < -0.39 is 0 Å². The van der Waals surface area contributed by atoms with Crippen LogP contribution in [0.4, 0.5) is 0 Å². The van der Waals surface area contributed by atoms with Crippen LogP contribution >= 0.6 is 15.9 Å². The lowest BCUT2D eigenvalue weighted by atomic mass is 10.1. The molecule has 2 nitrogen and oxygen atoms in total. The molecule has 0 aliphatic carbocycles. The predicted octanol–water partition coefficient (Wildman–Crippen LogP) is 2.55. The fourth-order valence-electron chi connectivity index (χ4n) is 2.16. The molecule has 1 atom stereocenters. The average Bonchev–Trinajstić information content (AvgIpc) is 2.28. The minimum Gasteiger partial charge on any atom is -0.314 e. The Morgan fingerprint density at radius 2 is 2.31 bits per heavy atom. The van der Waals surface area contributed by atoms with E-state index in [0.29, 0.717) is 6.04 Å². The Balaban J connectivity index is 2.10. The van der Waals surface area contributed by atoms with Crippen LogP contribution in [0.1, 0.15) is 18.1 Å². The Bertz CT molecular complexity index is 365. The molecule has 2 rings (SSSR count). The number of halogens is 1. The Kier molecular flexibility index (Phi) is 4.00. The SMILES string of the molecule is Cc1c(Br)cccc1CN1CCNCC1C. The topological polar surface area (TPSA) is 15.3 Å². The fourth-order valence-corrected chi connectivity index (χ4v) is 2.57. The molecule has 0 spiro atoms. The van der Waals surface area contributed by atoms with E-state index in [2.05, 4.69) is 58.2 Å². The summed E-state index contributed by atoms with van der Waals surface area (Å²) in [4.78, 5) is 2.55. The normalized spacial score (nSPS) is 22.3. The van der Waals surface area contributed by atoms with E-state index in [-0.39, 0.29) is 0 Å². The summed E-state index contributed by atoms with van der Waals surface area (Å²) < 4.78 is 1.22. The lowest BCUT2D eigenvalue weighted by Gasteiger charge is -2.34. The molecule has 1 N–H and O–H groups in total. The van der Waals surface area contributed by atoms with Gasteiger partial charge in [0.2, 0.25) is 0 Å². The monoisotopic (exact) mass is 282 g/mol. The van der Waals surface area contributed by atoms with Gasteiger partial charge in [-0.2, -0.15) is 0 Å². The molecule has 1 fully saturated rings. The second-order valence-electron chi connectivity index (χ2n) is 4.55. The fraction of sp³-hybridized carbons (Fsp3) is 0.538. The maximum absolute atomic E-state index is 3.60. The molecule has 1 aromatic carbocycles. The number of rotatable bonds is 2. The van der Waals surface area contributed by atoms with Crippen molar-refractivity contribution >= 4 is 15.9 Å². The molecule has 0 radical (unpaired) electrons. The van der Waals surface area contributed by atoms with E-state index in [1.54, 1.807) is 0 Å². The summed E-state index contributed by atoms with van der Waals surface area (Å²) in [7, 11) is 0. The third-order valence-corrected chi connectivity index (χ3v) is 4.25. The third kappa shape index (κ3) is 2.65. The standard InChI is InChI=1S/C13H19BrN2/c1-10-8-15-6-7-16(10)9-12-4-3-5-13(14)11(12)2/h3-5,10,15H,6-9H2,1-2H3. The first-order valence-corrected chi connectivity index (χ1v) is 6.66. The Morgan fingerprint density at radius 1 is 1.50 bits per heavy atom. The third-order valence-electron chi connectivity index (χ3n) is 3.39. The Labute approximate surface area is 106 Å². The summed E-state index contributed by atoms with van der Waals surface area (Å²) in [5.41, 5.74) is 2.80. The van der Waals surface area contributed by atoms with Crippen LogP contribution in [0.15, 0.2) is 22.7 Å². The van der Waals surface area contributed by atoms with Crippen LogP contribution in [0.3, 0.4) is 0 Å². The van der Waals surface area contributed by atoms with Crippen molar-refractivity contribution in [3.8, 4) is 0 Å². The van der Waals surface area contributed by atoms with Crippen molar-refractivity contribution in [2.45, 2.75) is 26.4 Å². The first kappa shape index (κ1) is 12.1. The van der Waals surface area contributed by atoms with Crippen LogP contribution in [0, 0.1) is 6.92 Å². The van der Waals surface area contributed by atoms with Crippen LogP contribution in [-0.2, 0) is 6.54 Å². The van der Waals surface area contributed by atoms with E-state index >= 15 is 0 Å². The zero-order valence-electron chi connectivity index (χ0n) is 9.96. The van der Waals surface area contributed by atoms with Gasteiger partial charge in [-0.25, -0.2) is 0 Å².